The Morgan fingerprint density at radius 1 is 1.00 bits per heavy atom. The summed E-state index contributed by atoms with van der Waals surface area (Å²) in [6, 6.07) is 14.0. The van der Waals surface area contributed by atoms with Crippen molar-refractivity contribution in [2.75, 3.05) is 23.9 Å². The molecule has 1 aliphatic rings. The number of hydrogen-bond acceptors (Lipinski definition) is 3. The van der Waals surface area contributed by atoms with Gasteiger partial charge in [0.2, 0.25) is 5.91 Å². The minimum Gasteiger partial charge on any atom is -0.341 e. The van der Waals surface area contributed by atoms with Crippen molar-refractivity contribution in [3.63, 3.8) is 0 Å². The van der Waals surface area contributed by atoms with Crippen LogP contribution in [0.5, 0.6) is 0 Å². The molecule has 0 spiro atoms. The van der Waals surface area contributed by atoms with E-state index in [4.69, 9.17) is 0 Å². The normalized spacial score (nSPS) is 14.5. The number of benzene rings is 2. The van der Waals surface area contributed by atoms with E-state index in [2.05, 4.69) is 0 Å². The van der Waals surface area contributed by atoms with Crippen LogP contribution < -0.4 is 4.31 Å². The summed E-state index contributed by atoms with van der Waals surface area (Å²) in [6.45, 7) is 5.03. The minimum atomic E-state index is -3.83. The first-order valence-electron chi connectivity index (χ1n) is 8.82. The van der Waals surface area contributed by atoms with Crippen molar-refractivity contribution in [2.24, 2.45) is 0 Å². The molecule has 1 saturated heterocycles. The van der Waals surface area contributed by atoms with E-state index in [1.165, 1.54) is 4.31 Å². The second-order valence-electron chi connectivity index (χ2n) is 6.75. The van der Waals surface area contributed by atoms with Gasteiger partial charge < -0.3 is 4.90 Å². The summed E-state index contributed by atoms with van der Waals surface area (Å²) in [5.41, 5.74) is 2.44. The molecule has 0 saturated carbocycles. The van der Waals surface area contributed by atoms with Crippen molar-refractivity contribution in [1.82, 2.24) is 4.90 Å². The quantitative estimate of drug-likeness (QED) is 0.810. The maximum atomic E-state index is 13.3. The van der Waals surface area contributed by atoms with Gasteiger partial charge >= 0.3 is 0 Å². The molecule has 0 radical (unpaired) electrons. The van der Waals surface area contributed by atoms with Crippen LogP contribution in [0.15, 0.2) is 53.4 Å². The molecule has 1 fully saturated rings. The van der Waals surface area contributed by atoms with Crippen LogP contribution in [0.4, 0.5) is 5.69 Å². The van der Waals surface area contributed by atoms with Crippen LogP contribution in [0, 0.1) is 13.8 Å². The van der Waals surface area contributed by atoms with Gasteiger partial charge in [-0.05, 0) is 56.5 Å². The van der Waals surface area contributed by atoms with Crippen LogP contribution >= 0.6 is 0 Å². The molecule has 6 heteroatoms. The number of rotatable bonds is 5. The molecule has 26 heavy (non-hydrogen) atoms. The van der Waals surface area contributed by atoms with E-state index in [-0.39, 0.29) is 17.3 Å². The first-order chi connectivity index (χ1) is 12.4. The molecule has 5 nitrogen and oxygen atoms in total. The number of likely N-dealkylation sites (tertiary alicyclic amines) is 1. The lowest BCUT2D eigenvalue weighted by atomic mass is 10.2. The molecule has 0 aromatic heterocycles. The molecule has 0 atom stereocenters. The topological polar surface area (TPSA) is 57.7 Å². The standard InChI is InChI=1S/C20H24N2O3S/c1-16-8-10-19(11-9-16)26(24,25)22(18-7-5-6-17(2)14-18)15-20(23)21-12-3-4-13-21/h5-11,14H,3-4,12-13,15H2,1-2H3. The predicted octanol–water partition coefficient (Wildman–Crippen LogP) is 3.12. The van der Waals surface area contributed by atoms with Crippen molar-refractivity contribution in [2.45, 2.75) is 31.6 Å². The fraction of sp³-hybridized carbons (Fsp3) is 0.350. The van der Waals surface area contributed by atoms with Crippen molar-refractivity contribution < 1.29 is 13.2 Å². The summed E-state index contributed by atoms with van der Waals surface area (Å²) >= 11 is 0. The zero-order valence-electron chi connectivity index (χ0n) is 15.2. The Morgan fingerprint density at radius 2 is 1.65 bits per heavy atom. The van der Waals surface area contributed by atoms with E-state index in [1.807, 2.05) is 26.0 Å². The largest absolute Gasteiger partial charge is 0.341 e. The lowest BCUT2D eigenvalue weighted by Crippen LogP contribution is -2.42. The number of sulfonamides is 1. The summed E-state index contributed by atoms with van der Waals surface area (Å²) < 4.78 is 27.7. The zero-order chi connectivity index (χ0) is 18.7. The first kappa shape index (κ1) is 18.5. The molecule has 0 unspecified atom stereocenters. The van der Waals surface area contributed by atoms with Crippen LogP contribution in [-0.4, -0.2) is 38.9 Å². The summed E-state index contributed by atoms with van der Waals surface area (Å²) in [4.78, 5) is 14.6. The number of aryl methyl sites for hydroxylation is 2. The highest BCUT2D eigenvalue weighted by molar-refractivity contribution is 7.92. The molecule has 0 aliphatic carbocycles. The van der Waals surface area contributed by atoms with E-state index in [0.717, 1.165) is 24.0 Å². The number of carbonyl (C=O) groups excluding carboxylic acids is 1. The number of anilines is 1. The molecule has 0 N–H and O–H groups in total. The molecular formula is C20H24N2O3S. The Morgan fingerprint density at radius 3 is 2.27 bits per heavy atom. The lowest BCUT2D eigenvalue weighted by molar-refractivity contribution is -0.128. The Labute approximate surface area is 155 Å². The molecule has 1 amide bonds. The summed E-state index contributed by atoms with van der Waals surface area (Å²) in [5.74, 6) is -0.153. The van der Waals surface area contributed by atoms with Crippen molar-refractivity contribution >= 4 is 21.6 Å². The van der Waals surface area contributed by atoms with Gasteiger partial charge in [0.15, 0.2) is 0 Å². The van der Waals surface area contributed by atoms with Crippen LogP contribution in [0.1, 0.15) is 24.0 Å². The highest BCUT2D eigenvalue weighted by Crippen LogP contribution is 2.25. The second-order valence-corrected chi connectivity index (χ2v) is 8.61. The molecule has 1 aliphatic heterocycles. The van der Waals surface area contributed by atoms with Crippen LogP contribution in [0.3, 0.4) is 0 Å². The van der Waals surface area contributed by atoms with Crippen LogP contribution in [-0.2, 0) is 14.8 Å². The van der Waals surface area contributed by atoms with E-state index in [0.29, 0.717) is 18.8 Å². The van der Waals surface area contributed by atoms with Crippen molar-refractivity contribution in [1.29, 1.82) is 0 Å². The zero-order valence-corrected chi connectivity index (χ0v) is 16.0. The van der Waals surface area contributed by atoms with Gasteiger partial charge in [0.05, 0.1) is 10.6 Å². The van der Waals surface area contributed by atoms with Crippen molar-refractivity contribution in [3.8, 4) is 0 Å². The van der Waals surface area contributed by atoms with Crippen LogP contribution in [0.25, 0.3) is 0 Å². The Hall–Kier alpha value is -2.34. The second kappa shape index (κ2) is 7.50. The third kappa shape index (κ3) is 3.90. The summed E-state index contributed by atoms with van der Waals surface area (Å²) in [5, 5.41) is 0. The molecule has 2 aromatic rings. The summed E-state index contributed by atoms with van der Waals surface area (Å²) in [7, 11) is -3.83. The van der Waals surface area contributed by atoms with E-state index < -0.39 is 10.0 Å². The third-order valence-corrected chi connectivity index (χ3v) is 6.42. The number of carbonyl (C=O) groups is 1. The molecular weight excluding hydrogens is 348 g/mol. The van der Waals surface area contributed by atoms with Gasteiger partial charge in [-0.3, -0.25) is 9.10 Å². The van der Waals surface area contributed by atoms with Crippen LogP contribution in [0.2, 0.25) is 0 Å². The number of hydrogen-bond donors (Lipinski definition) is 0. The Kier molecular flexibility index (Phi) is 5.32. The maximum Gasteiger partial charge on any atom is 0.264 e. The fourth-order valence-corrected chi connectivity index (χ4v) is 4.53. The van der Waals surface area contributed by atoms with Gasteiger partial charge in [0.1, 0.15) is 6.54 Å². The molecule has 3 rings (SSSR count). The van der Waals surface area contributed by atoms with E-state index in [1.54, 1.807) is 41.3 Å². The van der Waals surface area contributed by atoms with E-state index in [9.17, 15) is 13.2 Å². The van der Waals surface area contributed by atoms with Gasteiger partial charge in [-0.2, -0.15) is 0 Å². The molecule has 138 valence electrons. The third-order valence-electron chi connectivity index (χ3n) is 4.64. The Bertz CT molecular complexity index is 886. The number of nitrogens with zero attached hydrogens (tertiary/aromatic N) is 2. The van der Waals surface area contributed by atoms with Gasteiger partial charge in [0.25, 0.3) is 10.0 Å². The predicted molar refractivity (Wildman–Crippen MR) is 103 cm³/mol. The van der Waals surface area contributed by atoms with Gasteiger partial charge in [0, 0.05) is 13.1 Å². The first-order valence-corrected chi connectivity index (χ1v) is 10.3. The maximum absolute atomic E-state index is 13.3. The minimum absolute atomic E-state index is 0.153. The highest BCUT2D eigenvalue weighted by atomic mass is 32.2. The Balaban J connectivity index is 1.99. The molecule has 0 bridgehead atoms. The smallest absolute Gasteiger partial charge is 0.264 e. The van der Waals surface area contributed by atoms with Crippen molar-refractivity contribution in [3.05, 3.63) is 59.7 Å². The summed E-state index contributed by atoms with van der Waals surface area (Å²) in [6.07, 6.45) is 1.95. The van der Waals surface area contributed by atoms with Gasteiger partial charge in [-0.1, -0.05) is 29.8 Å². The lowest BCUT2D eigenvalue weighted by Gasteiger charge is -2.26. The average Bonchev–Trinajstić information content (AvgIpc) is 3.14. The molecule has 1 heterocycles. The number of amides is 1. The van der Waals surface area contributed by atoms with E-state index >= 15 is 0 Å². The van der Waals surface area contributed by atoms with Gasteiger partial charge in [-0.15, -0.1) is 0 Å². The SMILES string of the molecule is Cc1ccc(S(=O)(=O)N(CC(=O)N2CCCC2)c2cccc(C)c2)cc1. The highest BCUT2D eigenvalue weighted by Gasteiger charge is 2.29. The van der Waals surface area contributed by atoms with Gasteiger partial charge in [-0.25, -0.2) is 8.42 Å². The average molecular weight is 372 g/mol. The fourth-order valence-electron chi connectivity index (χ4n) is 3.12. The molecule has 2 aromatic carbocycles. The monoisotopic (exact) mass is 372 g/mol.